The van der Waals surface area contributed by atoms with Gasteiger partial charge in [-0.25, -0.2) is 0 Å². The first kappa shape index (κ1) is 16.5. The van der Waals surface area contributed by atoms with Crippen LogP contribution in [0.1, 0.15) is 50.7 Å². The molecular formula is C18H29NO2. The number of aliphatic hydroxyl groups is 1. The molecule has 1 unspecified atom stereocenters. The van der Waals surface area contributed by atoms with Gasteiger partial charge < -0.3 is 14.7 Å². The summed E-state index contributed by atoms with van der Waals surface area (Å²) in [6, 6.07) is 9.95. The number of hydrogen-bond acceptors (Lipinski definition) is 3. The van der Waals surface area contributed by atoms with Gasteiger partial charge in [0.15, 0.2) is 0 Å². The van der Waals surface area contributed by atoms with Gasteiger partial charge in [0, 0.05) is 19.7 Å². The third-order valence-electron chi connectivity index (χ3n) is 4.18. The van der Waals surface area contributed by atoms with Crippen LogP contribution in [0, 0.1) is 0 Å². The van der Waals surface area contributed by atoms with Crippen LogP contribution in [0.25, 0.3) is 0 Å². The third-order valence-corrected chi connectivity index (χ3v) is 4.18. The average Bonchev–Trinajstić information content (AvgIpc) is 2.54. The molecule has 1 aromatic rings. The molecule has 21 heavy (non-hydrogen) atoms. The summed E-state index contributed by atoms with van der Waals surface area (Å²) in [4.78, 5) is 2.45. The Kier molecular flexibility index (Phi) is 7.20. The van der Waals surface area contributed by atoms with Gasteiger partial charge in [0.05, 0.1) is 12.2 Å². The Morgan fingerprint density at radius 1 is 1.24 bits per heavy atom. The molecule has 0 aromatic heterocycles. The normalized spacial score (nSPS) is 20.6. The maximum atomic E-state index is 10.3. The van der Waals surface area contributed by atoms with Gasteiger partial charge in [-0.1, -0.05) is 37.3 Å². The first-order valence-electron chi connectivity index (χ1n) is 8.36. The Morgan fingerprint density at radius 3 is 2.71 bits per heavy atom. The quantitative estimate of drug-likeness (QED) is 0.797. The Bertz CT molecular complexity index is 376. The molecule has 118 valence electrons. The fraction of sp³-hybridized carbons (Fsp3) is 0.667. The van der Waals surface area contributed by atoms with E-state index in [4.69, 9.17) is 4.74 Å². The molecule has 2 rings (SSSR count). The van der Waals surface area contributed by atoms with E-state index in [1.165, 1.54) is 19.3 Å². The molecule has 3 heteroatoms. The van der Waals surface area contributed by atoms with Crippen LogP contribution < -0.4 is 0 Å². The fourth-order valence-corrected chi connectivity index (χ4v) is 3.00. The fourth-order valence-electron chi connectivity index (χ4n) is 3.00. The molecule has 1 aliphatic heterocycles. The first-order valence-corrected chi connectivity index (χ1v) is 8.36. The van der Waals surface area contributed by atoms with Crippen LogP contribution in [0.15, 0.2) is 30.3 Å². The molecule has 2 atom stereocenters. The largest absolute Gasteiger partial charge is 0.388 e. The first-order chi connectivity index (χ1) is 10.3. The number of nitrogens with zero attached hydrogens (tertiary/aromatic N) is 1. The van der Waals surface area contributed by atoms with Gasteiger partial charge in [0.25, 0.3) is 0 Å². The van der Waals surface area contributed by atoms with Crippen molar-refractivity contribution in [2.24, 2.45) is 0 Å². The van der Waals surface area contributed by atoms with Crippen LogP contribution in [0.5, 0.6) is 0 Å². The molecule has 1 saturated heterocycles. The van der Waals surface area contributed by atoms with Crippen LogP contribution in [-0.2, 0) is 4.74 Å². The topological polar surface area (TPSA) is 32.7 Å². The van der Waals surface area contributed by atoms with Crippen molar-refractivity contribution in [1.29, 1.82) is 0 Å². The minimum atomic E-state index is -0.363. The summed E-state index contributed by atoms with van der Waals surface area (Å²) in [6.07, 6.45) is 5.64. The van der Waals surface area contributed by atoms with E-state index < -0.39 is 0 Å². The smallest absolute Gasteiger partial charge is 0.0802 e. The summed E-state index contributed by atoms with van der Waals surface area (Å²) in [6.45, 7) is 6.15. The van der Waals surface area contributed by atoms with Gasteiger partial charge in [0.1, 0.15) is 0 Å². The van der Waals surface area contributed by atoms with Gasteiger partial charge in [0.2, 0.25) is 0 Å². The molecule has 1 aliphatic rings. The molecular weight excluding hydrogens is 262 g/mol. The van der Waals surface area contributed by atoms with Crippen LogP contribution >= 0.6 is 0 Å². The van der Waals surface area contributed by atoms with Gasteiger partial charge in [-0.05, 0) is 44.2 Å². The standard InChI is InChI=1S/C18H29NO2/c1-2-12-19(15-17-10-6-7-14-21-17)13-11-18(20)16-8-4-3-5-9-16/h3-5,8-9,17-18,20H,2,6-7,10-15H2,1H3/t17?,18-/m1/s1. The molecule has 1 aromatic carbocycles. The van der Waals surface area contributed by atoms with E-state index in [1.807, 2.05) is 30.3 Å². The monoisotopic (exact) mass is 291 g/mol. The van der Waals surface area contributed by atoms with Crippen molar-refractivity contribution >= 4 is 0 Å². The molecule has 1 heterocycles. The summed E-state index contributed by atoms with van der Waals surface area (Å²) >= 11 is 0. The molecule has 0 bridgehead atoms. The Labute approximate surface area is 128 Å². The highest BCUT2D eigenvalue weighted by Gasteiger charge is 2.18. The Morgan fingerprint density at radius 2 is 2.05 bits per heavy atom. The lowest BCUT2D eigenvalue weighted by Crippen LogP contribution is -2.37. The zero-order valence-electron chi connectivity index (χ0n) is 13.2. The highest BCUT2D eigenvalue weighted by molar-refractivity contribution is 5.17. The zero-order valence-corrected chi connectivity index (χ0v) is 13.2. The zero-order chi connectivity index (χ0) is 14.9. The maximum absolute atomic E-state index is 10.3. The van der Waals surface area contributed by atoms with E-state index in [2.05, 4.69) is 11.8 Å². The SMILES string of the molecule is CCCN(CC[C@@H](O)c1ccccc1)CC1CCCCO1. The second-order valence-electron chi connectivity index (χ2n) is 6.00. The van der Waals surface area contributed by atoms with Crippen molar-refractivity contribution in [3.05, 3.63) is 35.9 Å². The maximum Gasteiger partial charge on any atom is 0.0802 e. The van der Waals surface area contributed by atoms with Crippen LogP contribution in [0.3, 0.4) is 0 Å². The van der Waals surface area contributed by atoms with Crippen molar-refractivity contribution in [2.45, 2.75) is 51.2 Å². The minimum absolute atomic E-state index is 0.363. The van der Waals surface area contributed by atoms with Crippen molar-refractivity contribution in [3.63, 3.8) is 0 Å². The van der Waals surface area contributed by atoms with Crippen LogP contribution in [0.2, 0.25) is 0 Å². The molecule has 3 nitrogen and oxygen atoms in total. The summed E-state index contributed by atoms with van der Waals surface area (Å²) in [5.41, 5.74) is 1.02. The average molecular weight is 291 g/mol. The molecule has 0 spiro atoms. The van der Waals surface area contributed by atoms with E-state index in [1.54, 1.807) is 0 Å². The van der Waals surface area contributed by atoms with Gasteiger partial charge in [-0.3, -0.25) is 0 Å². The Hall–Kier alpha value is -0.900. The summed E-state index contributed by atoms with van der Waals surface area (Å²) < 4.78 is 5.84. The van der Waals surface area contributed by atoms with E-state index in [-0.39, 0.29) is 6.10 Å². The lowest BCUT2D eigenvalue weighted by Gasteiger charge is -2.30. The summed E-state index contributed by atoms with van der Waals surface area (Å²) in [7, 11) is 0. The number of aliphatic hydroxyl groups excluding tert-OH is 1. The predicted octanol–water partition coefficient (Wildman–Crippen LogP) is 3.39. The highest BCUT2D eigenvalue weighted by atomic mass is 16.5. The summed E-state index contributed by atoms with van der Waals surface area (Å²) in [5.74, 6) is 0. The lowest BCUT2D eigenvalue weighted by molar-refractivity contribution is -0.00787. The van der Waals surface area contributed by atoms with Crippen LogP contribution in [0.4, 0.5) is 0 Å². The molecule has 0 saturated carbocycles. The number of benzene rings is 1. The van der Waals surface area contributed by atoms with E-state index >= 15 is 0 Å². The van der Waals surface area contributed by atoms with Gasteiger partial charge in [-0.15, -0.1) is 0 Å². The molecule has 1 N–H and O–H groups in total. The van der Waals surface area contributed by atoms with E-state index in [0.717, 1.165) is 44.6 Å². The number of hydrogen-bond donors (Lipinski definition) is 1. The second-order valence-corrected chi connectivity index (χ2v) is 6.00. The van der Waals surface area contributed by atoms with E-state index in [0.29, 0.717) is 6.10 Å². The molecule has 0 radical (unpaired) electrons. The third kappa shape index (κ3) is 5.77. The van der Waals surface area contributed by atoms with Crippen molar-refractivity contribution in [1.82, 2.24) is 4.90 Å². The predicted molar refractivity (Wildman–Crippen MR) is 86.3 cm³/mol. The molecule has 0 amide bonds. The van der Waals surface area contributed by atoms with Gasteiger partial charge in [-0.2, -0.15) is 0 Å². The van der Waals surface area contributed by atoms with E-state index in [9.17, 15) is 5.11 Å². The second kappa shape index (κ2) is 9.19. The highest BCUT2D eigenvalue weighted by Crippen LogP contribution is 2.18. The van der Waals surface area contributed by atoms with Crippen molar-refractivity contribution < 1.29 is 9.84 Å². The minimum Gasteiger partial charge on any atom is -0.388 e. The van der Waals surface area contributed by atoms with Gasteiger partial charge >= 0.3 is 0 Å². The lowest BCUT2D eigenvalue weighted by atomic mass is 10.1. The van der Waals surface area contributed by atoms with Crippen molar-refractivity contribution in [3.8, 4) is 0 Å². The Balaban J connectivity index is 1.78. The molecule has 1 fully saturated rings. The summed E-state index contributed by atoms with van der Waals surface area (Å²) in [5, 5.41) is 10.3. The number of ether oxygens (including phenoxy) is 1. The van der Waals surface area contributed by atoms with Crippen molar-refractivity contribution in [2.75, 3.05) is 26.2 Å². The van der Waals surface area contributed by atoms with Crippen LogP contribution in [-0.4, -0.2) is 42.4 Å². The molecule has 0 aliphatic carbocycles. The number of rotatable bonds is 8.